The van der Waals surface area contributed by atoms with Crippen LogP contribution < -0.4 is 0 Å². The highest BCUT2D eigenvalue weighted by atomic mass is 28.5. The summed E-state index contributed by atoms with van der Waals surface area (Å²) in [4.78, 5) is 13.0. The first-order valence-corrected chi connectivity index (χ1v) is 28.7. The number of nitrogens with zero attached hydrogens (tertiary/aromatic N) is 1. The first kappa shape index (κ1) is 29.0. The molecular formula is C13H38FNO9Si8. The van der Waals surface area contributed by atoms with Gasteiger partial charge in [0.2, 0.25) is 0 Å². The highest BCUT2D eigenvalue weighted by molar-refractivity contribution is 6.82. The first-order valence-electron chi connectivity index (χ1n) is 11.1. The van der Waals surface area contributed by atoms with E-state index in [1.165, 1.54) is 4.90 Å². The third kappa shape index (κ3) is 9.82. The average Bonchev–Trinajstić information content (AvgIpc) is 2.56. The maximum Gasteiger partial charge on any atom is 0.399 e. The van der Waals surface area contributed by atoms with Crippen LogP contribution in [0.2, 0.25) is 58.4 Å². The van der Waals surface area contributed by atoms with Gasteiger partial charge in [-0.2, -0.15) is 0 Å². The van der Waals surface area contributed by atoms with E-state index in [9.17, 15) is 9.18 Å². The molecule has 0 aromatic carbocycles. The van der Waals surface area contributed by atoms with Crippen LogP contribution in [-0.4, -0.2) is 96.6 Å². The average molecular weight is 596 g/mol. The van der Waals surface area contributed by atoms with Crippen LogP contribution in [0.3, 0.4) is 0 Å². The SMILES string of the molecule is C[SiH]1O[SiH](C)O[Si](C)(CCCN(C[Si]2(C)O[SiH](C)O[SiH](C)O[SiH](C)O2)C(=O)F)O[SiH](C)O1. The van der Waals surface area contributed by atoms with Gasteiger partial charge in [-0.05, 0) is 64.8 Å². The van der Waals surface area contributed by atoms with Gasteiger partial charge < -0.3 is 37.8 Å². The van der Waals surface area contributed by atoms with Gasteiger partial charge in [-0.15, -0.1) is 4.39 Å². The second-order valence-electron chi connectivity index (χ2n) is 8.47. The van der Waals surface area contributed by atoms with E-state index in [4.69, 9.17) is 32.9 Å². The van der Waals surface area contributed by atoms with E-state index in [1.54, 1.807) is 0 Å². The van der Waals surface area contributed by atoms with Crippen molar-refractivity contribution in [2.75, 3.05) is 12.7 Å². The van der Waals surface area contributed by atoms with Crippen molar-refractivity contribution in [2.45, 2.75) is 64.8 Å². The lowest BCUT2D eigenvalue weighted by molar-refractivity contribution is 0.173. The Morgan fingerprint density at radius 3 is 1.47 bits per heavy atom. The zero-order valence-corrected chi connectivity index (χ0v) is 29.2. The zero-order chi connectivity index (χ0) is 24.1. The number of carbonyl (C=O) groups is 1. The molecular weight excluding hydrogens is 558 g/mol. The van der Waals surface area contributed by atoms with Crippen LogP contribution in [0.15, 0.2) is 0 Å². The molecule has 0 aromatic rings. The van der Waals surface area contributed by atoms with Gasteiger partial charge in [0.15, 0.2) is 0 Å². The Labute approximate surface area is 203 Å². The fraction of sp³-hybridized carbons (Fsp3) is 0.923. The van der Waals surface area contributed by atoms with Gasteiger partial charge >= 0.3 is 23.3 Å². The highest BCUT2D eigenvalue weighted by Crippen LogP contribution is 2.23. The van der Waals surface area contributed by atoms with Crippen molar-refractivity contribution in [3.63, 3.8) is 0 Å². The van der Waals surface area contributed by atoms with E-state index in [0.29, 0.717) is 12.5 Å². The number of amides is 1. The molecule has 0 N–H and O–H groups in total. The lowest BCUT2D eigenvalue weighted by atomic mass is 10.4. The van der Waals surface area contributed by atoms with Crippen molar-refractivity contribution in [3.05, 3.63) is 0 Å². The Balaban J connectivity index is 1.98. The Hall–Kier alpha value is 0.815. The van der Waals surface area contributed by atoms with E-state index >= 15 is 0 Å². The lowest BCUT2D eigenvalue weighted by Crippen LogP contribution is -2.59. The summed E-state index contributed by atoms with van der Waals surface area (Å²) in [7, 11) is -16.5. The Kier molecular flexibility index (Phi) is 11.5. The molecule has 19 heteroatoms. The largest absolute Gasteiger partial charge is 0.420 e. The van der Waals surface area contributed by atoms with Crippen LogP contribution in [-0.2, 0) is 32.9 Å². The lowest BCUT2D eigenvalue weighted by Gasteiger charge is -2.39. The summed E-state index contributed by atoms with van der Waals surface area (Å²) < 4.78 is 62.6. The van der Waals surface area contributed by atoms with Crippen molar-refractivity contribution in [3.8, 4) is 0 Å². The molecule has 4 atom stereocenters. The summed E-state index contributed by atoms with van der Waals surface area (Å²) in [5, 5.41) is 0. The molecule has 32 heavy (non-hydrogen) atoms. The predicted molar refractivity (Wildman–Crippen MR) is 137 cm³/mol. The zero-order valence-electron chi connectivity index (χ0n) is 20.3. The molecule has 0 saturated carbocycles. The fourth-order valence-electron chi connectivity index (χ4n) is 4.07. The second-order valence-corrected chi connectivity index (χ2v) is 28.8. The Morgan fingerprint density at radius 2 is 1.09 bits per heavy atom. The van der Waals surface area contributed by atoms with Crippen molar-refractivity contribution in [2.24, 2.45) is 0 Å². The fourth-order valence-corrected chi connectivity index (χ4v) is 33.3. The van der Waals surface area contributed by atoms with E-state index < -0.39 is 79.0 Å². The van der Waals surface area contributed by atoms with Crippen molar-refractivity contribution >= 4 is 79.0 Å². The number of halogens is 1. The van der Waals surface area contributed by atoms with E-state index in [2.05, 4.69) is 0 Å². The third-order valence-corrected chi connectivity index (χ3v) is 32.8. The maximum absolute atomic E-state index is 14.0. The monoisotopic (exact) mass is 595 g/mol. The van der Waals surface area contributed by atoms with Gasteiger partial charge in [-0.25, -0.2) is 4.79 Å². The van der Waals surface area contributed by atoms with Crippen molar-refractivity contribution in [1.29, 1.82) is 0 Å². The van der Waals surface area contributed by atoms with Gasteiger partial charge in [-0.1, -0.05) is 0 Å². The van der Waals surface area contributed by atoms with Gasteiger partial charge in [0, 0.05) is 6.54 Å². The summed E-state index contributed by atoms with van der Waals surface area (Å²) in [6.45, 7) is 15.8. The summed E-state index contributed by atoms with van der Waals surface area (Å²) in [5.74, 6) is 0. The quantitative estimate of drug-likeness (QED) is 0.250. The number of hydrogen-bond acceptors (Lipinski definition) is 9. The van der Waals surface area contributed by atoms with E-state index in [-0.39, 0.29) is 12.7 Å². The van der Waals surface area contributed by atoms with E-state index in [0.717, 1.165) is 0 Å². The minimum absolute atomic E-state index is 0.102. The number of hydrogen-bond donors (Lipinski definition) is 0. The van der Waals surface area contributed by atoms with Gasteiger partial charge in [0.1, 0.15) is 0 Å². The molecule has 2 aliphatic heterocycles. The first-order chi connectivity index (χ1) is 14.8. The van der Waals surface area contributed by atoms with Gasteiger partial charge in [-0.3, -0.25) is 0 Å². The molecule has 2 rings (SSSR count). The van der Waals surface area contributed by atoms with Crippen LogP contribution in [0.5, 0.6) is 0 Å². The highest BCUT2D eigenvalue weighted by Gasteiger charge is 2.43. The molecule has 0 spiro atoms. The molecule has 0 aromatic heterocycles. The molecule has 10 nitrogen and oxygen atoms in total. The van der Waals surface area contributed by atoms with Crippen LogP contribution in [0.4, 0.5) is 9.18 Å². The molecule has 1 amide bonds. The van der Waals surface area contributed by atoms with Gasteiger partial charge in [0.25, 0.3) is 55.7 Å². The normalized spacial score (nSPS) is 41.8. The standard InChI is InChI=1S/C13H38FNO9Si8/c1-25-17-27(3)21-31(7,22-28(4)18-25)11-9-10-15(13(14)16)12-32(8)23-29(5)19-26(2)20-30(6)24-32/h25-30H,9-12H2,1-8H3. The summed E-state index contributed by atoms with van der Waals surface area (Å²) in [6, 6.07) is 0.625. The molecule has 2 saturated heterocycles. The molecule has 4 unspecified atom stereocenters. The summed E-state index contributed by atoms with van der Waals surface area (Å²) >= 11 is 0. The van der Waals surface area contributed by atoms with Crippen LogP contribution >= 0.6 is 0 Å². The Bertz CT molecular complexity index is 602. The molecule has 0 radical (unpaired) electrons. The molecule has 188 valence electrons. The van der Waals surface area contributed by atoms with E-state index in [1.807, 2.05) is 52.4 Å². The van der Waals surface area contributed by atoms with Crippen LogP contribution in [0, 0.1) is 0 Å². The smallest absolute Gasteiger partial charge is 0.399 e. The van der Waals surface area contributed by atoms with Crippen molar-refractivity contribution in [1.82, 2.24) is 4.90 Å². The van der Waals surface area contributed by atoms with Gasteiger partial charge in [0.05, 0.1) is 6.17 Å². The molecule has 0 aliphatic carbocycles. The number of rotatable bonds is 6. The maximum atomic E-state index is 14.0. The molecule has 0 bridgehead atoms. The Morgan fingerprint density at radius 1 is 0.719 bits per heavy atom. The predicted octanol–water partition coefficient (Wildman–Crippen LogP) is 0.713. The van der Waals surface area contributed by atoms with Crippen LogP contribution in [0.25, 0.3) is 0 Å². The van der Waals surface area contributed by atoms with Crippen molar-refractivity contribution < 1.29 is 42.1 Å². The topological polar surface area (TPSA) is 94.2 Å². The third-order valence-electron chi connectivity index (χ3n) is 4.98. The molecule has 2 aliphatic rings. The molecule has 2 heterocycles. The summed E-state index contributed by atoms with van der Waals surface area (Å²) in [6.07, 6.45) is -0.829. The van der Waals surface area contributed by atoms with Crippen LogP contribution in [0.1, 0.15) is 6.42 Å². The number of carbonyl (C=O) groups excluding carboxylic acids is 1. The second kappa shape index (κ2) is 12.7. The molecule has 2 fully saturated rings. The summed E-state index contributed by atoms with van der Waals surface area (Å²) in [5.41, 5.74) is 0. The minimum Gasteiger partial charge on any atom is -0.420 e. The minimum atomic E-state index is -2.87.